The number of thiocarbonyl (C=S) groups is 1. The van der Waals surface area contributed by atoms with Crippen LogP contribution in [0.25, 0.3) is 0 Å². The Hall–Kier alpha value is -1.10. The van der Waals surface area contributed by atoms with Crippen LogP contribution in [0.5, 0.6) is 0 Å². The Kier molecular flexibility index (Phi) is 8.40. The Morgan fingerprint density at radius 3 is 2.40 bits per heavy atom. The largest absolute Gasteiger partial charge is 0.479 e. The molecule has 2 unspecified atom stereocenters. The van der Waals surface area contributed by atoms with Crippen LogP contribution in [0.15, 0.2) is 16.9 Å². The molecule has 0 heterocycles. The fourth-order valence-electron chi connectivity index (χ4n) is 5.42. The number of esters is 1. The minimum absolute atomic E-state index is 0.00937. The molecule has 0 amide bonds. The molecular weight excluding hydrogens is 416 g/mol. The van der Waals surface area contributed by atoms with Crippen molar-refractivity contribution in [3.63, 3.8) is 0 Å². The second-order valence-electron chi connectivity index (χ2n) is 9.88. The predicted molar refractivity (Wildman–Crippen MR) is 127 cm³/mol. The van der Waals surface area contributed by atoms with E-state index >= 15 is 0 Å². The topological polar surface area (TPSA) is 52.6 Å². The molecule has 6 heteroatoms. The monoisotopic (exact) mass is 452 g/mol. The summed E-state index contributed by atoms with van der Waals surface area (Å²) >= 11 is 7.12. The third-order valence-corrected chi connectivity index (χ3v) is 7.58. The van der Waals surface area contributed by atoms with E-state index in [1.165, 1.54) is 6.92 Å². The van der Waals surface area contributed by atoms with Crippen LogP contribution in [0.4, 0.5) is 0 Å². The number of thioether (sulfide) groups is 1. The molecule has 0 spiro atoms. The first kappa shape index (κ1) is 25.2. The van der Waals surface area contributed by atoms with Gasteiger partial charge in [0.15, 0.2) is 0 Å². The van der Waals surface area contributed by atoms with Gasteiger partial charge in [0, 0.05) is 30.1 Å². The smallest absolute Gasteiger partial charge is 0.303 e. The van der Waals surface area contributed by atoms with E-state index in [1.54, 1.807) is 18.7 Å². The highest BCUT2D eigenvalue weighted by atomic mass is 32.2. The highest BCUT2D eigenvalue weighted by Crippen LogP contribution is 2.62. The summed E-state index contributed by atoms with van der Waals surface area (Å²) in [5.74, 6) is 0.102. The summed E-state index contributed by atoms with van der Waals surface area (Å²) in [5.41, 5.74) is 5.82. The molecule has 2 saturated carbocycles. The molecule has 30 heavy (non-hydrogen) atoms. The Labute approximate surface area is 191 Å². The van der Waals surface area contributed by atoms with E-state index in [2.05, 4.69) is 26.5 Å². The lowest BCUT2D eigenvalue weighted by Crippen LogP contribution is -2.43. The third-order valence-electron chi connectivity index (χ3n) is 6.12. The van der Waals surface area contributed by atoms with E-state index < -0.39 is 0 Å². The second-order valence-corrected chi connectivity index (χ2v) is 11.7. The standard InChI is InChI=1S/C24H36O4S2/c1-8-27-22(29)30-20-13-23(5,6)14-24(7)12-19(28-17(4)26)18(21(20)24)11-15(2)9-10-16(3)25/h19-21H,8-10,12-14H2,1-7H3/t11?,19?,20?,21-,24+/m0/s1. The average molecular weight is 453 g/mol. The fraction of sp³-hybridized carbons (Fsp3) is 0.750. The Morgan fingerprint density at radius 2 is 1.83 bits per heavy atom. The minimum Gasteiger partial charge on any atom is -0.479 e. The second kappa shape index (κ2) is 10.0. The van der Waals surface area contributed by atoms with E-state index in [1.807, 2.05) is 13.8 Å². The van der Waals surface area contributed by atoms with Gasteiger partial charge in [0.05, 0.1) is 6.61 Å². The molecule has 0 aromatic heterocycles. The molecule has 0 aliphatic heterocycles. The van der Waals surface area contributed by atoms with Crippen LogP contribution in [0.2, 0.25) is 0 Å². The number of ether oxygens (including phenoxy) is 2. The molecule has 4 nitrogen and oxygen atoms in total. The molecule has 2 rings (SSSR count). The zero-order valence-corrected chi connectivity index (χ0v) is 21.1. The summed E-state index contributed by atoms with van der Waals surface area (Å²) in [6.07, 6.45) is 3.76. The highest BCUT2D eigenvalue weighted by molar-refractivity contribution is 8.23. The van der Waals surface area contributed by atoms with Gasteiger partial charge in [0.2, 0.25) is 4.38 Å². The molecule has 168 valence electrons. The van der Waals surface area contributed by atoms with Gasteiger partial charge in [-0.05, 0) is 75.1 Å². The van der Waals surface area contributed by atoms with Crippen molar-refractivity contribution in [1.82, 2.24) is 0 Å². The summed E-state index contributed by atoms with van der Waals surface area (Å²) in [5, 5.41) is 0.237. The molecular formula is C24H36O4S2. The molecule has 0 saturated heterocycles. The summed E-state index contributed by atoms with van der Waals surface area (Å²) in [7, 11) is 0. The number of ketones is 1. The van der Waals surface area contributed by atoms with E-state index in [-0.39, 0.29) is 39.9 Å². The molecule has 2 aliphatic carbocycles. The molecule has 0 aromatic carbocycles. The van der Waals surface area contributed by atoms with Crippen LogP contribution in [0.3, 0.4) is 0 Å². The minimum atomic E-state index is -0.276. The normalized spacial score (nSPS) is 29.6. The maximum absolute atomic E-state index is 11.9. The van der Waals surface area contributed by atoms with Crippen molar-refractivity contribution in [1.29, 1.82) is 0 Å². The van der Waals surface area contributed by atoms with Crippen LogP contribution >= 0.6 is 24.0 Å². The van der Waals surface area contributed by atoms with Crippen molar-refractivity contribution >= 4 is 40.1 Å². The van der Waals surface area contributed by atoms with Gasteiger partial charge in [-0.3, -0.25) is 4.79 Å². The quantitative estimate of drug-likeness (QED) is 0.279. The molecule has 4 atom stereocenters. The van der Waals surface area contributed by atoms with Crippen LogP contribution in [-0.2, 0) is 19.1 Å². The summed E-state index contributed by atoms with van der Waals surface area (Å²) in [6.45, 7) is 14.5. The number of hydrogen-bond acceptors (Lipinski definition) is 6. The van der Waals surface area contributed by atoms with Crippen molar-refractivity contribution in [2.75, 3.05) is 6.61 Å². The fourth-order valence-corrected chi connectivity index (χ4v) is 7.48. The number of carbonyl (C=O) groups is 2. The highest BCUT2D eigenvalue weighted by Gasteiger charge is 2.57. The maximum atomic E-state index is 11.9. The van der Waals surface area contributed by atoms with E-state index in [0.717, 1.165) is 30.4 Å². The molecule has 0 radical (unpaired) electrons. The first-order chi connectivity index (χ1) is 13.9. The van der Waals surface area contributed by atoms with Gasteiger partial charge in [-0.15, -0.1) is 5.73 Å². The molecule has 2 aliphatic rings. The SMILES string of the molecule is CCOC(=S)SC1CC(C)(C)C[C@@]2(C)CC(OC(C)=O)C(=C=C(C)CCC(C)=O)[C@@H]12. The molecule has 0 aromatic rings. The number of hydrogen-bond donors (Lipinski definition) is 0. The van der Waals surface area contributed by atoms with Crippen LogP contribution < -0.4 is 0 Å². The Bertz CT molecular complexity index is 763. The number of fused-ring (bicyclic) bond motifs is 1. The zero-order valence-electron chi connectivity index (χ0n) is 19.4. The summed E-state index contributed by atoms with van der Waals surface area (Å²) < 4.78 is 12.0. The van der Waals surface area contributed by atoms with Crippen LogP contribution in [0, 0.1) is 16.7 Å². The molecule has 0 N–H and O–H groups in total. The third kappa shape index (κ3) is 6.45. The van der Waals surface area contributed by atoms with Gasteiger partial charge >= 0.3 is 5.97 Å². The van der Waals surface area contributed by atoms with E-state index in [9.17, 15) is 9.59 Å². The number of Topliss-reactive ketones (excluding diaryl/α,β-unsaturated/α-hetero) is 1. The lowest BCUT2D eigenvalue weighted by Gasteiger charge is -2.48. The summed E-state index contributed by atoms with van der Waals surface area (Å²) in [4.78, 5) is 23.3. The van der Waals surface area contributed by atoms with Gasteiger partial charge in [-0.2, -0.15) is 0 Å². The Balaban J connectivity index is 2.51. The number of rotatable bonds is 6. The van der Waals surface area contributed by atoms with Crippen LogP contribution in [-0.4, -0.2) is 34.1 Å². The van der Waals surface area contributed by atoms with Gasteiger partial charge in [-0.1, -0.05) is 32.5 Å². The molecule has 2 fully saturated rings. The van der Waals surface area contributed by atoms with Gasteiger partial charge in [0.25, 0.3) is 0 Å². The van der Waals surface area contributed by atoms with Crippen molar-refractivity contribution in [3.05, 3.63) is 16.9 Å². The predicted octanol–water partition coefficient (Wildman–Crippen LogP) is 6.03. The van der Waals surface area contributed by atoms with Gasteiger partial charge < -0.3 is 14.3 Å². The van der Waals surface area contributed by atoms with Gasteiger partial charge in [0.1, 0.15) is 11.9 Å². The first-order valence-corrected chi connectivity index (χ1v) is 12.1. The van der Waals surface area contributed by atoms with Crippen molar-refractivity contribution in [2.24, 2.45) is 16.7 Å². The Morgan fingerprint density at radius 1 is 1.17 bits per heavy atom. The first-order valence-electron chi connectivity index (χ1n) is 10.8. The van der Waals surface area contributed by atoms with Crippen LogP contribution in [0.1, 0.15) is 80.6 Å². The molecule has 0 bridgehead atoms. The van der Waals surface area contributed by atoms with E-state index in [0.29, 0.717) is 23.8 Å². The lowest BCUT2D eigenvalue weighted by molar-refractivity contribution is -0.144. The van der Waals surface area contributed by atoms with Gasteiger partial charge in [-0.25, -0.2) is 0 Å². The lowest BCUT2D eigenvalue weighted by atomic mass is 9.59. The zero-order chi connectivity index (χ0) is 22.7. The number of carbonyl (C=O) groups excluding carboxylic acids is 2. The summed E-state index contributed by atoms with van der Waals surface area (Å²) in [6, 6.07) is 0. The van der Waals surface area contributed by atoms with Crippen molar-refractivity contribution in [2.45, 2.75) is 91.9 Å². The van der Waals surface area contributed by atoms with E-state index in [4.69, 9.17) is 21.7 Å². The van der Waals surface area contributed by atoms with Crippen molar-refractivity contribution in [3.8, 4) is 0 Å². The average Bonchev–Trinajstić information content (AvgIpc) is 2.82. The maximum Gasteiger partial charge on any atom is 0.303 e. The van der Waals surface area contributed by atoms with Crippen molar-refractivity contribution < 1.29 is 19.1 Å².